The average molecular weight is 540 g/mol. The van der Waals surface area contributed by atoms with Crippen molar-refractivity contribution < 1.29 is 23.5 Å². The number of aromatic nitrogens is 3. The zero-order chi connectivity index (χ0) is 27.8. The Labute approximate surface area is 228 Å². The van der Waals surface area contributed by atoms with Gasteiger partial charge in [0.1, 0.15) is 11.6 Å². The highest BCUT2D eigenvalue weighted by molar-refractivity contribution is 6.13. The first-order valence-corrected chi connectivity index (χ1v) is 12.8. The normalized spacial score (nSPS) is 13.5. The lowest BCUT2D eigenvalue weighted by Gasteiger charge is -2.26. The molecule has 40 heavy (non-hydrogen) atoms. The number of anilines is 1. The standard InChI is InChI=1S/C30H26FN5O4/c1-18-13-27(40-21-5-3-2-4-6-21)23(31)16-26(18)36-29(32)22(17-33-36)28(37)25-15-20-14-19(7-8-24(20)34-25)30(38)35-9-11-39-12-10-35/h2-8,13-17,34H,9-12,32H2,1H3. The van der Waals surface area contributed by atoms with Crippen molar-refractivity contribution in [1.29, 1.82) is 0 Å². The molecule has 9 nitrogen and oxygen atoms in total. The van der Waals surface area contributed by atoms with Crippen molar-refractivity contribution in [3.8, 4) is 17.2 Å². The first kappa shape index (κ1) is 25.3. The summed E-state index contributed by atoms with van der Waals surface area (Å²) in [5.41, 5.74) is 9.10. The van der Waals surface area contributed by atoms with E-state index in [0.29, 0.717) is 60.1 Å². The minimum Gasteiger partial charge on any atom is -0.454 e. The van der Waals surface area contributed by atoms with E-state index in [1.165, 1.54) is 16.9 Å². The minimum absolute atomic E-state index is 0.0685. The molecule has 0 bridgehead atoms. The monoisotopic (exact) mass is 539 g/mol. The second-order valence-electron chi connectivity index (χ2n) is 9.56. The lowest BCUT2D eigenvalue weighted by atomic mass is 10.1. The summed E-state index contributed by atoms with van der Waals surface area (Å²) in [6, 6.07) is 18.7. The van der Waals surface area contributed by atoms with Gasteiger partial charge in [-0.15, -0.1) is 0 Å². The number of nitrogen functional groups attached to an aromatic ring is 1. The number of benzene rings is 3. The number of carbonyl (C=O) groups excluding carboxylic acids is 2. The number of para-hydroxylation sites is 1. The summed E-state index contributed by atoms with van der Waals surface area (Å²) < 4.78 is 27.3. The molecule has 0 spiro atoms. The highest BCUT2D eigenvalue weighted by Gasteiger charge is 2.23. The number of hydrogen-bond acceptors (Lipinski definition) is 6. The maximum Gasteiger partial charge on any atom is 0.254 e. The van der Waals surface area contributed by atoms with Gasteiger partial charge in [0.15, 0.2) is 11.6 Å². The van der Waals surface area contributed by atoms with Crippen molar-refractivity contribution in [1.82, 2.24) is 19.7 Å². The minimum atomic E-state index is -0.592. The fraction of sp³-hybridized carbons (Fsp3) is 0.167. The molecule has 1 fully saturated rings. The van der Waals surface area contributed by atoms with E-state index in [9.17, 15) is 14.0 Å². The molecule has 3 heterocycles. The van der Waals surface area contributed by atoms with Crippen molar-refractivity contribution in [2.75, 3.05) is 32.0 Å². The van der Waals surface area contributed by atoms with Gasteiger partial charge >= 0.3 is 0 Å². The van der Waals surface area contributed by atoms with Crippen LogP contribution in [0.15, 0.2) is 72.9 Å². The number of ketones is 1. The number of halogens is 1. The van der Waals surface area contributed by atoms with Crippen molar-refractivity contribution in [3.05, 3.63) is 101 Å². The van der Waals surface area contributed by atoms with Crippen molar-refractivity contribution in [2.24, 2.45) is 0 Å². The average Bonchev–Trinajstić information content (AvgIpc) is 3.58. The fourth-order valence-corrected chi connectivity index (χ4v) is 4.77. The van der Waals surface area contributed by atoms with E-state index in [0.717, 1.165) is 5.39 Å². The number of nitrogens with one attached hydrogen (secondary N) is 1. The Morgan fingerprint density at radius 1 is 1.05 bits per heavy atom. The van der Waals surface area contributed by atoms with Gasteiger partial charge in [0, 0.05) is 35.6 Å². The molecule has 5 aromatic rings. The van der Waals surface area contributed by atoms with Gasteiger partial charge in [0.25, 0.3) is 5.91 Å². The van der Waals surface area contributed by atoms with E-state index >= 15 is 0 Å². The molecule has 3 aromatic carbocycles. The molecule has 3 N–H and O–H groups in total. The van der Waals surface area contributed by atoms with Crippen LogP contribution in [-0.2, 0) is 4.74 Å². The summed E-state index contributed by atoms with van der Waals surface area (Å²) in [5.74, 6) is -0.387. The molecule has 0 atom stereocenters. The number of fused-ring (bicyclic) bond motifs is 1. The molecule has 0 radical (unpaired) electrons. The highest BCUT2D eigenvalue weighted by atomic mass is 19.1. The second-order valence-corrected chi connectivity index (χ2v) is 9.56. The number of nitrogens with zero attached hydrogens (tertiary/aromatic N) is 3. The maximum atomic E-state index is 15.0. The lowest BCUT2D eigenvalue weighted by Crippen LogP contribution is -2.40. The summed E-state index contributed by atoms with van der Waals surface area (Å²) in [4.78, 5) is 31.1. The van der Waals surface area contributed by atoms with Crippen LogP contribution in [0.2, 0.25) is 0 Å². The van der Waals surface area contributed by atoms with Crippen LogP contribution in [0.25, 0.3) is 16.6 Å². The second kappa shape index (κ2) is 10.3. The summed E-state index contributed by atoms with van der Waals surface area (Å²) >= 11 is 0. The van der Waals surface area contributed by atoms with Crippen LogP contribution in [-0.4, -0.2) is 57.7 Å². The third-order valence-corrected chi connectivity index (χ3v) is 6.91. The Hall–Kier alpha value is -4.96. The number of nitrogens with two attached hydrogens (primary N) is 1. The SMILES string of the molecule is Cc1cc(Oc2ccccc2)c(F)cc1-n1ncc(C(=O)c2cc3cc(C(=O)N4CCOCC4)ccc3[nH]2)c1N. The molecular weight excluding hydrogens is 513 g/mol. The van der Waals surface area contributed by atoms with Crippen LogP contribution in [0.1, 0.15) is 32.0 Å². The summed E-state index contributed by atoms with van der Waals surface area (Å²) in [7, 11) is 0. The molecule has 10 heteroatoms. The molecule has 0 saturated carbocycles. The quantitative estimate of drug-likeness (QED) is 0.297. The number of rotatable bonds is 6. The predicted octanol–water partition coefficient (Wildman–Crippen LogP) is 4.88. The Kier molecular flexibility index (Phi) is 6.53. The zero-order valence-corrected chi connectivity index (χ0v) is 21.7. The molecular formula is C30H26FN5O4. The third-order valence-electron chi connectivity index (χ3n) is 6.91. The molecule has 1 aliphatic rings. The van der Waals surface area contributed by atoms with E-state index in [1.54, 1.807) is 66.4 Å². The number of amides is 1. The topological polar surface area (TPSA) is 115 Å². The molecule has 1 amide bonds. The Morgan fingerprint density at radius 2 is 1.82 bits per heavy atom. The van der Waals surface area contributed by atoms with Gasteiger partial charge in [-0.2, -0.15) is 5.10 Å². The first-order valence-electron chi connectivity index (χ1n) is 12.8. The highest BCUT2D eigenvalue weighted by Crippen LogP contribution is 2.31. The van der Waals surface area contributed by atoms with E-state index in [4.69, 9.17) is 15.2 Å². The van der Waals surface area contributed by atoms with Gasteiger partial charge in [-0.05, 0) is 55.0 Å². The van der Waals surface area contributed by atoms with Crippen molar-refractivity contribution >= 4 is 28.4 Å². The van der Waals surface area contributed by atoms with Gasteiger partial charge in [0.2, 0.25) is 5.78 Å². The summed E-state index contributed by atoms with van der Waals surface area (Å²) in [6.45, 7) is 3.91. The van der Waals surface area contributed by atoms with Crippen molar-refractivity contribution in [2.45, 2.75) is 6.92 Å². The van der Waals surface area contributed by atoms with Crippen LogP contribution in [0.3, 0.4) is 0 Å². The van der Waals surface area contributed by atoms with Crippen LogP contribution >= 0.6 is 0 Å². The first-order chi connectivity index (χ1) is 19.4. The zero-order valence-electron chi connectivity index (χ0n) is 21.7. The van der Waals surface area contributed by atoms with Gasteiger partial charge in [-0.1, -0.05) is 18.2 Å². The van der Waals surface area contributed by atoms with Crippen LogP contribution < -0.4 is 10.5 Å². The summed E-state index contributed by atoms with van der Waals surface area (Å²) in [6.07, 6.45) is 1.36. The molecule has 1 saturated heterocycles. The Balaban J connectivity index is 1.26. The molecule has 2 aromatic heterocycles. The molecule has 202 valence electrons. The number of morpholine rings is 1. The third kappa shape index (κ3) is 4.69. The fourth-order valence-electron chi connectivity index (χ4n) is 4.77. The molecule has 0 aliphatic carbocycles. The van der Waals surface area contributed by atoms with Gasteiger partial charge < -0.3 is 25.1 Å². The van der Waals surface area contributed by atoms with Crippen LogP contribution in [0.5, 0.6) is 11.5 Å². The largest absolute Gasteiger partial charge is 0.454 e. The van der Waals surface area contributed by atoms with Crippen LogP contribution in [0.4, 0.5) is 10.2 Å². The van der Waals surface area contributed by atoms with E-state index in [2.05, 4.69) is 10.1 Å². The smallest absolute Gasteiger partial charge is 0.254 e. The number of carbonyl (C=O) groups is 2. The van der Waals surface area contributed by atoms with E-state index < -0.39 is 5.82 Å². The Bertz CT molecular complexity index is 1740. The maximum absolute atomic E-state index is 15.0. The lowest BCUT2D eigenvalue weighted by molar-refractivity contribution is 0.0303. The molecule has 1 aliphatic heterocycles. The van der Waals surface area contributed by atoms with Gasteiger partial charge in [-0.25, -0.2) is 9.07 Å². The number of hydrogen-bond donors (Lipinski definition) is 2. The predicted molar refractivity (Wildman–Crippen MR) is 148 cm³/mol. The number of aromatic amines is 1. The number of aryl methyl sites for hydroxylation is 1. The van der Waals surface area contributed by atoms with E-state index in [-0.39, 0.29) is 28.8 Å². The van der Waals surface area contributed by atoms with E-state index in [1.807, 2.05) is 6.07 Å². The van der Waals surface area contributed by atoms with Gasteiger partial charge in [0.05, 0.1) is 36.4 Å². The van der Waals surface area contributed by atoms with Crippen LogP contribution in [0, 0.1) is 12.7 Å². The van der Waals surface area contributed by atoms with Crippen molar-refractivity contribution in [3.63, 3.8) is 0 Å². The molecule has 6 rings (SSSR count). The van der Waals surface area contributed by atoms with Gasteiger partial charge in [-0.3, -0.25) is 9.59 Å². The number of ether oxygens (including phenoxy) is 2. The molecule has 0 unspecified atom stereocenters. The number of H-pyrrole nitrogens is 1. The summed E-state index contributed by atoms with van der Waals surface area (Å²) in [5, 5.41) is 5.00. The Morgan fingerprint density at radius 3 is 2.60 bits per heavy atom.